The molecule has 0 spiro atoms. The molecule has 0 saturated carbocycles. The molecule has 0 bridgehead atoms. The summed E-state index contributed by atoms with van der Waals surface area (Å²) in [6.45, 7) is 0.309. The van der Waals surface area contributed by atoms with Crippen LogP contribution in [-0.2, 0) is 25.6 Å². The fourth-order valence-electron chi connectivity index (χ4n) is 3.45. The van der Waals surface area contributed by atoms with Gasteiger partial charge < -0.3 is 19.1 Å². The number of hydrogen-bond donors (Lipinski definition) is 0. The minimum atomic E-state index is -0.767. The SMILES string of the molecule is COC(=O)C1=CN(Cc2ccc(F)cc2)C=C(C(=O)OC)C1c1cc(Br)ccc1OC. The summed E-state index contributed by atoms with van der Waals surface area (Å²) in [6.07, 6.45) is 3.24. The number of rotatable bonds is 6. The van der Waals surface area contributed by atoms with Crippen LogP contribution < -0.4 is 4.74 Å². The molecule has 1 aliphatic heterocycles. The minimum absolute atomic E-state index is 0.240. The van der Waals surface area contributed by atoms with E-state index in [4.69, 9.17) is 14.2 Å². The Bertz CT molecular complexity index is 1010. The highest BCUT2D eigenvalue weighted by Gasteiger charge is 2.37. The van der Waals surface area contributed by atoms with Crippen LogP contribution in [0.15, 0.2) is 70.5 Å². The van der Waals surface area contributed by atoms with Crippen molar-refractivity contribution in [2.45, 2.75) is 12.5 Å². The standard InChI is InChI=1S/C23H21BrFNO5/c1-29-20-9-6-15(24)10-17(20)21-18(22(27)30-2)12-26(13-19(21)23(28)31-3)11-14-4-7-16(25)8-5-14/h4-10,12-13,21H,11H2,1-3H3. The highest BCUT2D eigenvalue weighted by molar-refractivity contribution is 9.10. The maximum Gasteiger partial charge on any atom is 0.336 e. The van der Waals surface area contributed by atoms with Crippen molar-refractivity contribution in [3.8, 4) is 5.75 Å². The number of carbonyl (C=O) groups is 2. The smallest absolute Gasteiger partial charge is 0.336 e. The van der Waals surface area contributed by atoms with E-state index in [1.165, 1.54) is 33.5 Å². The molecule has 1 heterocycles. The van der Waals surface area contributed by atoms with Crippen LogP contribution in [0, 0.1) is 5.82 Å². The number of esters is 2. The van der Waals surface area contributed by atoms with E-state index in [1.54, 1.807) is 47.6 Å². The van der Waals surface area contributed by atoms with Crippen molar-refractivity contribution >= 4 is 27.9 Å². The number of carbonyl (C=O) groups excluding carboxylic acids is 2. The second kappa shape index (κ2) is 9.78. The van der Waals surface area contributed by atoms with Crippen molar-refractivity contribution in [3.63, 3.8) is 0 Å². The van der Waals surface area contributed by atoms with E-state index < -0.39 is 17.9 Å². The Morgan fingerprint density at radius 3 is 2.06 bits per heavy atom. The topological polar surface area (TPSA) is 65.1 Å². The van der Waals surface area contributed by atoms with Crippen LogP contribution in [0.2, 0.25) is 0 Å². The van der Waals surface area contributed by atoms with E-state index in [0.717, 1.165) is 10.0 Å². The van der Waals surface area contributed by atoms with Crippen molar-refractivity contribution in [2.24, 2.45) is 0 Å². The molecule has 0 N–H and O–H groups in total. The van der Waals surface area contributed by atoms with Gasteiger partial charge in [0.25, 0.3) is 0 Å². The highest BCUT2D eigenvalue weighted by atomic mass is 79.9. The van der Waals surface area contributed by atoms with Gasteiger partial charge in [0.15, 0.2) is 0 Å². The van der Waals surface area contributed by atoms with Gasteiger partial charge in [-0.15, -0.1) is 0 Å². The molecular formula is C23H21BrFNO5. The first kappa shape index (κ1) is 22.6. The third-order valence-electron chi connectivity index (χ3n) is 4.86. The number of halogens is 2. The summed E-state index contributed by atoms with van der Waals surface area (Å²) < 4.78 is 29.5. The molecule has 2 aromatic rings. The molecule has 0 fully saturated rings. The lowest BCUT2D eigenvalue weighted by atomic mass is 9.82. The van der Waals surface area contributed by atoms with Gasteiger partial charge in [-0.05, 0) is 35.9 Å². The molecule has 8 heteroatoms. The third kappa shape index (κ3) is 4.96. The quantitative estimate of drug-likeness (QED) is 0.563. The molecular weight excluding hydrogens is 469 g/mol. The van der Waals surface area contributed by atoms with Crippen LogP contribution in [0.5, 0.6) is 5.75 Å². The molecule has 0 saturated heterocycles. The summed E-state index contributed by atoms with van der Waals surface area (Å²) in [5, 5.41) is 0. The zero-order chi connectivity index (χ0) is 22.5. The number of hydrogen-bond acceptors (Lipinski definition) is 6. The first-order chi connectivity index (χ1) is 14.9. The number of ether oxygens (including phenoxy) is 3. The Labute approximate surface area is 188 Å². The van der Waals surface area contributed by atoms with Gasteiger partial charge in [0.1, 0.15) is 11.6 Å². The zero-order valence-corrected chi connectivity index (χ0v) is 18.8. The fourth-order valence-corrected chi connectivity index (χ4v) is 3.82. The summed E-state index contributed by atoms with van der Waals surface area (Å²) in [5.41, 5.74) is 1.88. The van der Waals surface area contributed by atoms with E-state index >= 15 is 0 Å². The molecule has 1 aliphatic rings. The number of benzene rings is 2. The molecule has 0 aliphatic carbocycles. The number of nitrogens with zero attached hydrogens (tertiary/aromatic N) is 1. The van der Waals surface area contributed by atoms with Crippen LogP contribution in [0.25, 0.3) is 0 Å². The van der Waals surface area contributed by atoms with Crippen molar-refractivity contribution in [3.05, 3.63) is 87.4 Å². The van der Waals surface area contributed by atoms with E-state index in [9.17, 15) is 14.0 Å². The van der Waals surface area contributed by atoms with Gasteiger partial charge in [0, 0.05) is 29.0 Å². The first-order valence-electron chi connectivity index (χ1n) is 9.31. The Morgan fingerprint density at radius 2 is 1.55 bits per heavy atom. The fraction of sp³-hybridized carbons (Fsp3) is 0.217. The maximum atomic E-state index is 13.3. The molecule has 0 amide bonds. The van der Waals surface area contributed by atoms with Gasteiger partial charge in [-0.1, -0.05) is 28.1 Å². The van der Waals surface area contributed by atoms with Gasteiger partial charge in [-0.3, -0.25) is 0 Å². The molecule has 31 heavy (non-hydrogen) atoms. The molecule has 2 aromatic carbocycles. The molecule has 0 atom stereocenters. The second-order valence-corrected chi connectivity index (χ2v) is 7.69. The van der Waals surface area contributed by atoms with Crippen LogP contribution in [0.3, 0.4) is 0 Å². The van der Waals surface area contributed by atoms with Crippen molar-refractivity contribution in [2.75, 3.05) is 21.3 Å². The largest absolute Gasteiger partial charge is 0.496 e. The first-order valence-corrected chi connectivity index (χ1v) is 10.1. The highest BCUT2D eigenvalue weighted by Crippen LogP contribution is 2.42. The molecule has 0 radical (unpaired) electrons. The lowest BCUT2D eigenvalue weighted by Gasteiger charge is -2.30. The van der Waals surface area contributed by atoms with E-state index in [-0.39, 0.29) is 17.0 Å². The predicted molar refractivity (Wildman–Crippen MR) is 116 cm³/mol. The summed E-state index contributed by atoms with van der Waals surface area (Å²) in [4.78, 5) is 27.1. The number of methoxy groups -OCH3 is 3. The van der Waals surface area contributed by atoms with E-state index in [1.807, 2.05) is 0 Å². The van der Waals surface area contributed by atoms with Crippen LogP contribution in [0.4, 0.5) is 4.39 Å². The van der Waals surface area contributed by atoms with Crippen LogP contribution >= 0.6 is 15.9 Å². The molecule has 3 rings (SSSR count). The van der Waals surface area contributed by atoms with Gasteiger partial charge in [-0.2, -0.15) is 0 Å². The molecule has 0 unspecified atom stereocenters. The summed E-state index contributed by atoms with van der Waals surface area (Å²) >= 11 is 3.43. The predicted octanol–water partition coefficient (Wildman–Crippen LogP) is 4.31. The van der Waals surface area contributed by atoms with Gasteiger partial charge in [0.05, 0.1) is 38.4 Å². The van der Waals surface area contributed by atoms with E-state index in [0.29, 0.717) is 17.9 Å². The van der Waals surface area contributed by atoms with Crippen molar-refractivity contribution < 1.29 is 28.2 Å². The zero-order valence-electron chi connectivity index (χ0n) is 17.2. The van der Waals surface area contributed by atoms with Gasteiger partial charge in [0.2, 0.25) is 0 Å². The monoisotopic (exact) mass is 489 g/mol. The Morgan fingerprint density at radius 1 is 0.968 bits per heavy atom. The normalized spacial score (nSPS) is 13.9. The summed E-state index contributed by atoms with van der Waals surface area (Å²) in [5.74, 6) is -1.79. The lowest BCUT2D eigenvalue weighted by Crippen LogP contribution is -2.28. The van der Waals surface area contributed by atoms with Crippen LogP contribution in [0.1, 0.15) is 17.0 Å². The molecule has 0 aromatic heterocycles. The Balaban J connectivity index is 2.13. The molecule has 6 nitrogen and oxygen atoms in total. The molecule has 162 valence electrons. The third-order valence-corrected chi connectivity index (χ3v) is 5.35. The maximum absolute atomic E-state index is 13.3. The van der Waals surface area contributed by atoms with Gasteiger partial charge in [-0.25, -0.2) is 14.0 Å². The van der Waals surface area contributed by atoms with Gasteiger partial charge >= 0.3 is 11.9 Å². The van der Waals surface area contributed by atoms with Crippen LogP contribution in [-0.4, -0.2) is 38.2 Å². The Kier molecular flexibility index (Phi) is 7.12. The minimum Gasteiger partial charge on any atom is -0.496 e. The van der Waals surface area contributed by atoms with E-state index in [2.05, 4.69) is 15.9 Å². The lowest BCUT2D eigenvalue weighted by molar-refractivity contribution is -0.137. The van der Waals surface area contributed by atoms with Crippen molar-refractivity contribution in [1.82, 2.24) is 4.90 Å². The summed E-state index contributed by atoms with van der Waals surface area (Å²) in [7, 11) is 4.07. The van der Waals surface area contributed by atoms with Crippen molar-refractivity contribution in [1.29, 1.82) is 0 Å². The average molecular weight is 490 g/mol. The summed E-state index contributed by atoms with van der Waals surface area (Å²) in [6, 6.07) is 11.3. The second-order valence-electron chi connectivity index (χ2n) is 6.77. The Hall–Kier alpha value is -3.13. The average Bonchev–Trinajstić information content (AvgIpc) is 2.78.